The Labute approximate surface area is 135 Å². The van der Waals surface area contributed by atoms with Crippen LogP contribution in [0.1, 0.15) is 26.3 Å². The fraction of sp³-hybridized carbons (Fsp3) is 0.562. The van der Waals surface area contributed by atoms with E-state index in [1.807, 2.05) is 25.7 Å². The van der Waals surface area contributed by atoms with Crippen molar-refractivity contribution in [3.05, 3.63) is 23.3 Å². The molecule has 23 heavy (non-hydrogen) atoms. The molecule has 0 bridgehead atoms. The van der Waals surface area contributed by atoms with Crippen LogP contribution >= 0.6 is 0 Å². The van der Waals surface area contributed by atoms with Gasteiger partial charge in [-0.1, -0.05) is 0 Å². The molecule has 1 aromatic carbocycles. The molecule has 2 rings (SSSR count). The van der Waals surface area contributed by atoms with Crippen molar-refractivity contribution in [3.8, 4) is 0 Å². The first kappa shape index (κ1) is 17.3. The molecule has 0 saturated carbocycles. The number of amides is 1. The van der Waals surface area contributed by atoms with Crippen LogP contribution in [0.4, 0.5) is 25.0 Å². The van der Waals surface area contributed by atoms with Crippen LogP contribution < -0.4 is 10.6 Å². The van der Waals surface area contributed by atoms with Crippen molar-refractivity contribution < 1.29 is 18.3 Å². The van der Waals surface area contributed by atoms with E-state index in [0.717, 1.165) is 0 Å². The average Bonchev–Trinajstić information content (AvgIpc) is 2.47. The number of halogens is 2. The Kier molecular flexibility index (Phi) is 4.68. The minimum Gasteiger partial charge on any atom is -0.444 e. The second kappa shape index (κ2) is 6.22. The van der Waals surface area contributed by atoms with Crippen molar-refractivity contribution in [3.63, 3.8) is 0 Å². The largest absolute Gasteiger partial charge is 0.444 e. The van der Waals surface area contributed by atoms with Crippen LogP contribution in [0.3, 0.4) is 0 Å². The number of benzene rings is 1. The summed E-state index contributed by atoms with van der Waals surface area (Å²) in [5.41, 5.74) is 5.14. The maximum Gasteiger partial charge on any atom is 0.410 e. The quantitative estimate of drug-likeness (QED) is 0.806. The second-order valence-corrected chi connectivity index (χ2v) is 6.68. The Morgan fingerprint density at radius 1 is 1.22 bits per heavy atom. The molecule has 0 spiro atoms. The predicted octanol–water partition coefficient (Wildman–Crippen LogP) is 2.91. The number of piperazine rings is 1. The van der Waals surface area contributed by atoms with Crippen molar-refractivity contribution >= 4 is 17.5 Å². The summed E-state index contributed by atoms with van der Waals surface area (Å²) in [5, 5.41) is 0. The van der Waals surface area contributed by atoms with Crippen LogP contribution in [0.2, 0.25) is 0 Å². The van der Waals surface area contributed by atoms with E-state index in [9.17, 15) is 13.6 Å². The lowest BCUT2D eigenvalue weighted by molar-refractivity contribution is 0.0240. The van der Waals surface area contributed by atoms with Gasteiger partial charge in [-0.3, -0.25) is 0 Å². The molecular formula is C16H23F2N3O2. The molecular weight excluding hydrogens is 304 g/mol. The number of carbonyl (C=O) groups excluding carboxylic acids is 1. The minimum atomic E-state index is -0.766. The Bertz CT molecular complexity index is 606. The number of hydrogen-bond acceptors (Lipinski definition) is 4. The van der Waals surface area contributed by atoms with Gasteiger partial charge in [-0.25, -0.2) is 13.6 Å². The molecule has 0 aromatic heterocycles. The third-order valence-corrected chi connectivity index (χ3v) is 3.74. The summed E-state index contributed by atoms with van der Waals surface area (Å²) < 4.78 is 32.9. The zero-order valence-corrected chi connectivity index (χ0v) is 13.9. The molecule has 0 radical (unpaired) electrons. The average molecular weight is 327 g/mol. The van der Waals surface area contributed by atoms with Gasteiger partial charge in [0.05, 0.1) is 0 Å². The zero-order chi connectivity index (χ0) is 17.4. The monoisotopic (exact) mass is 327 g/mol. The molecule has 5 nitrogen and oxygen atoms in total. The van der Waals surface area contributed by atoms with Crippen LogP contribution in [-0.4, -0.2) is 42.8 Å². The normalized spacial score (nSPS) is 15.7. The van der Waals surface area contributed by atoms with Crippen molar-refractivity contribution in [2.45, 2.75) is 33.3 Å². The first-order chi connectivity index (χ1) is 10.6. The highest BCUT2D eigenvalue weighted by Gasteiger charge is 2.27. The standard InChI is InChI=1S/C16H23F2N3O2/c1-10-12(9-11(17)14(19)13(10)18)20-5-7-21(8-6-20)15(22)23-16(2,3)4/h9H,5-8,19H2,1-4H3. The van der Waals surface area contributed by atoms with Gasteiger partial charge in [0.15, 0.2) is 11.6 Å². The number of rotatable bonds is 1. The van der Waals surface area contributed by atoms with E-state index in [1.54, 1.807) is 11.8 Å². The third-order valence-electron chi connectivity index (χ3n) is 3.74. The highest BCUT2D eigenvalue weighted by atomic mass is 19.1. The molecule has 1 fully saturated rings. The van der Waals surface area contributed by atoms with Gasteiger partial charge >= 0.3 is 6.09 Å². The zero-order valence-electron chi connectivity index (χ0n) is 13.9. The van der Waals surface area contributed by atoms with Crippen molar-refractivity contribution in [2.24, 2.45) is 0 Å². The molecule has 1 aliphatic heterocycles. The van der Waals surface area contributed by atoms with E-state index < -0.39 is 22.9 Å². The smallest absolute Gasteiger partial charge is 0.410 e. The van der Waals surface area contributed by atoms with Crippen LogP contribution in [0.15, 0.2) is 6.07 Å². The Morgan fingerprint density at radius 2 is 1.78 bits per heavy atom. The fourth-order valence-electron chi connectivity index (χ4n) is 2.51. The summed E-state index contributed by atoms with van der Waals surface area (Å²) in [7, 11) is 0. The summed E-state index contributed by atoms with van der Waals surface area (Å²) >= 11 is 0. The molecule has 0 aliphatic carbocycles. The highest BCUT2D eigenvalue weighted by molar-refractivity contribution is 5.69. The number of nitrogens with two attached hydrogens (primary N) is 1. The summed E-state index contributed by atoms with van der Waals surface area (Å²) in [5.74, 6) is -1.49. The lowest BCUT2D eigenvalue weighted by Gasteiger charge is -2.37. The van der Waals surface area contributed by atoms with E-state index in [4.69, 9.17) is 10.5 Å². The van der Waals surface area contributed by atoms with E-state index in [2.05, 4.69) is 0 Å². The first-order valence-electron chi connectivity index (χ1n) is 7.57. The number of hydrogen-bond donors (Lipinski definition) is 1. The van der Waals surface area contributed by atoms with E-state index in [-0.39, 0.29) is 6.09 Å². The molecule has 1 amide bonds. The van der Waals surface area contributed by atoms with Gasteiger partial charge in [-0.15, -0.1) is 0 Å². The number of carbonyl (C=O) groups is 1. The van der Waals surface area contributed by atoms with Crippen LogP contribution in [0, 0.1) is 18.6 Å². The number of nitrogen functional groups attached to an aromatic ring is 1. The van der Waals surface area contributed by atoms with Gasteiger partial charge in [0, 0.05) is 37.4 Å². The van der Waals surface area contributed by atoms with Gasteiger partial charge in [0.2, 0.25) is 0 Å². The second-order valence-electron chi connectivity index (χ2n) is 6.68. The van der Waals surface area contributed by atoms with E-state index in [1.165, 1.54) is 6.07 Å². The van der Waals surface area contributed by atoms with E-state index in [0.29, 0.717) is 37.4 Å². The third kappa shape index (κ3) is 3.83. The first-order valence-corrected chi connectivity index (χ1v) is 7.57. The predicted molar refractivity (Wildman–Crippen MR) is 85.5 cm³/mol. The molecule has 1 aliphatic rings. The van der Waals surface area contributed by atoms with Crippen LogP contribution in [0.25, 0.3) is 0 Å². The van der Waals surface area contributed by atoms with Crippen molar-refractivity contribution in [1.82, 2.24) is 4.90 Å². The van der Waals surface area contributed by atoms with Gasteiger partial charge in [0.25, 0.3) is 0 Å². The van der Waals surface area contributed by atoms with E-state index >= 15 is 0 Å². The molecule has 0 unspecified atom stereocenters. The Morgan fingerprint density at radius 3 is 2.30 bits per heavy atom. The fourth-order valence-corrected chi connectivity index (χ4v) is 2.51. The van der Waals surface area contributed by atoms with Gasteiger partial charge in [-0.05, 0) is 33.8 Å². The van der Waals surface area contributed by atoms with Crippen LogP contribution in [-0.2, 0) is 4.74 Å². The summed E-state index contributed by atoms with van der Waals surface area (Å²) in [4.78, 5) is 15.5. The minimum absolute atomic E-state index is 0.314. The van der Waals surface area contributed by atoms with Gasteiger partial charge < -0.3 is 20.3 Å². The number of ether oxygens (including phenoxy) is 1. The SMILES string of the molecule is Cc1c(N2CCN(C(=O)OC(C)(C)C)CC2)cc(F)c(N)c1F. The molecule has 1 aromatic rings. The van der Waals surface area contributed by atoms with Crippen LogP contribution in [0.5, 0.6) is 0 Å². The highest BCUT2D eigenvalue weighted by Crippen LogP contribution is 2.29. The summed E-state index contributed by atoms with van der Waals surface area (Å²) in [6, 6.07) is 1.25. The molecule has 0 atom stereocenters. The molecule has 128 valence electrons. The maximum atomic E-state index is 13.9. The maximum absolute atomic E-state index is 13.9. The Balaban J connectivity index is 2.07. The lowest BCUT2D eigenvalue weighted by atomic mass is 10.1. The number of nitrogens with zero attached hydrogens (tertiary/aromatic N) is 2. The van der Waals surface area contributed by atoms with Gasteiger partial charge in [-0.2, -0.15) is 0 Å². The lowest BCUT2D eigenvalue weighted by Crippen LogP contribution is -2.50. The molecule has 1 heterocycles. The summed E-state index contributed by atoms with van der Waals surface area (Å²) in [6.07, 6.45) is -0.372. The topological polar surface area (TPSA) is 58.8 Å². The van der Waals surface area contributed by atoms with Gasteiger partial charge in [0.1, 0.15) is 11.3 Å². The molecule has 7 heteroatoms. The van der Waals surface area contributed by atoms with Crippen molar-refractivity contribution in [2.75, 3.05) is 36.8 Å². The molecule has 2 N–H and O–H groups in total. The molecule has 1 saturated heterocycles. The van der Waals surface area contributed by atoms with Crippen molar-refractivity contribution in [1.29, 1.82) is 0 Å². The summed E-state index contributed by atoms with van der Waals surface area (Å²) in [6.45, 7) is 8.82. The Hall–Kier alpha value is -2.05. The number of anilines is 2.